The van der Waals surface area contributed by atoms with Gasteiger partial charge in [-0.3, -0.25) is 4.79 Å². The zero-order valence-electron chi connectivity index (χ0n) is 14.1. The first-order valence-electron chi connectivity index (χ1n) is 8.23. The standard InChI is InChI=1S/C18H25NO4S/c1-13(2)15(24-12-14-6-4-3-5-7-14)16(20)19-10-8-18(23,9-11-19)17(21)22/h3-7,13,15,23H,8-12H2,1-2H3,(H,21,22). The van der Waals surface area contributed by atoms with Gasteiger partial charge in [0.1, 0.15) is 0 Å². The van der Waals surface area contributed by atoms with E-state index >= 15 is 0 Å². The summed E-state index contributed by atoms with van der Waals surface area (Å²) in [5.74, 6) is -0.208. The van der Waals surface area contributed by atoms with Crippen LogP contribution in [0, 0.1) is 5.92 Å². The van der Waals surface area contributed by atoms with Crippen molar-refractivity contribution in [2.24, 2.45) is 5.92 Å². The Morgan fingerprint density at radius 2 is 1.79 bits per heavy atom. The molecular weight excluding hydrogens is 326 g/mol. The number of carbonyl (C=O) groups excluding carboxylic acids is 1. The van der Waals surface area contributed by atoms with Crippen molar-refractivity contribution in [2.75, 3.05) is 13.1 Å². The first-order chi connectivity index (χ1) is 11.3. The number of carboxylic acid groups (broad SMARTS) is 1. The summed E-state index contributed by atoms with van der Waals surface area (Å²) < 4.78 is 0. The first kappa shape index (κ1) is 18.8. The van der Waals surface area contributed by atoms with Gasteiger partial charge in [-0.2, -0.15) is 0 Å². The molecule has 24 heavy (non-hydrogen) atoms. The highest BCUT2D eigenvalue weighted by molar-refractivity contribution is 7.99. The number of aliphatic hydroxyl groups is 1. The number of hydrogen-bond acceptors (Lipinski definition) is 4. The van der Waals surface area contributed by atoms with Gasteiger partial charge in [-0.05, 0) is 11.5 Å². The molecule has 1 unspecified atom stereocenters. The Balaban J connectivity index is 1.96. The summed E-state index contributed by atoms with van der Waals surface area (Å²) in [7, 11) is 0. The Bertz CT molecular complexity index is 568. The molecule has 0 aromatic heterocycles. The van der Waals surface area contributed by atoms with E-state index in [-0.39, 0.29) is 43.0 Å². The highest BCUT2D eigenvalue weighted by Crippen LogP contribution is 2.29. The van der Waals surface area contributed by atoms with Crippen LogP contribution in [0.5, 0.6) is 0 Å². The van der Waals surface area contributed by atoms with Crippen LogP contribution in [0.25, 0.3) is 0 Å². The minimum Gasteiger partial charge on any atom is -0.479 e. The smallest absolute Gasteiger partial charge is 0.335 e. The highest BCUT2D eigenvalue weighted by atomic mass is 32.2. The van der Waals surface area contributed by atoms with E-state index in [0.29, 0.717) is 0 Å². The van der Waals surface area contributed by atoms with Gasteiger partial charge in [0.25, 0.3) is 0 Å². The van der Waals surface area contributed by atoms with Crippen molar-refractivity contribution in [3.05, 3.63) is 35.9 Å². The predicted octanol–water partition coefficient (Wildman–Crippen LogP) is 2.38. The fourth-order valence-electron chi connectivity index (χ4n) is 2.80. The summed E-state index contributed by atoms with van der Waals surface area (Å²) in [5.41, 5.74) is -0.513. The molecule has 1 aromatic rings. The van der Waals surface area contributed by atoms with Crippen molar-refractivity contribution in [3.63, 3.8) is 0 Å². The molecule has 1 amide bonds. The minimum absolute atomic E-state index is 0.0402. The number of benzene rings is 1. The van der Waals surface area contributed by atoms with E-state index in [1.807, 2.05) is 44.2 Å². The number of aliphatic carboxylic acids is 1. The van der Waals surface area contributed by atoms with Crippen LogP contribution in [-0.4, -0.2) is 50.9 Å². The molecule has 5 nitrogen and oxygen atoms in total. The fraction of sp³-hybridized carbons (Fsp3) is 0.556. The molecule has 2 rings (SSSR count). The van der Waals surface area contributed by atoms with Gasteiger partial charge >= 0.3 is 5.97 Å². The SMILES string of the molecule is CC(C)C(SCc1ccccc1)C(=O)N1CCC(O)(C(=O)O)CC1. The molecular formula is C18H25NO4S. The lowest BCUT2D eigenvalue weighted by molar-refractivity contribution is -0.165. The Morgan fingerprint density at radius 1 is 1.21 bits per heavy atom. The number of hydrogen-bond donors (Lipinski definition) is 2. The number of likely N-dealkylation sites (tertiary alicyclic amines) is 1. The Hall–Kier alpha value is -1.53. The van der Waals surface area contributed by atoms with Gasteiger partial charge in [0.2, 0.25) is 5.91 Å². The second-order valence-electron chi connectivity index (χ2n) is 6.62. The molecule has 0 saturated carbocycles. The molecule has 1 saturated heterocycles. The zero-order chi connectivity index (χ0) is 17.7. The number of thioether (sulfide) groups is 1. The number of piperidine rings is 1. The molecule has 0 bridgehead atoms. The third kappa shape index (κ3) is 4.51. The van der Waals surface area contributed by atoms with E-state index in [0.717, 1.165) is 5.75 Å². The quantitative estimate of drug-likeness (QED) is 0.823. The van der Waals surface area contributed by atoms with E-state index in [4.69, 9.17) is 5.11 Å². The number of amides is 1. The van der Waals surface area contributed by atoms with E-state index in [2.05, 4.69) is 0 Å². The predicted molar refractivity (Wildman–Crippen MR) is 94.8 cm³/mol. The third-order valence-corrected chi connectivity index (χ3v) is 6.03. The van der Waals surface area contributed by atoms with Crippen LogP contribution in [0.1, 0.15) is 32.3 Å². The fourth-order valence-corrected chi connectivity index (χ4v) is 4.04. The lowest BCUT2D eigenvalue weighted by Gasteiger charge is -2.37. The summed E-state index contributed by atoms with van der Waals surface area (Å²) in [4.78, 5) is 25.6. The molecule has 1 aromatic carbocycles. The summed E-state index contributed by atoms with van der Waals surface area (Å²) >= 11 is 1.62. The van der Waals surface area contributed by atoms with Crippen LogP contribution in [-0.2, 0) is 15.3 Å². The van der Waals surface area contributed by atoms with Gasteiger partial charge in [-0.15, -0.1) is 11.8 Å². The molecule has 6 heteroatoms. The minimum atomic E-state index is -1.69. The van der Waals surface area contributed by atoms with Crippen LogP contribution in [0.2, 0.25) is 0 Å². The van der Waals surface area contributed by atoms with Gasteiger partial charge in [-0.1, -0.05) is 44.2 Å². The van der Waals surface area contributed by atoms with Crippen molar-refractivity contribution in [2.45, 2.75) is 43.3 Å². The second kappa shape index (κ2) is 8.03. The zero-order valence-corrected chi connectivity index (χ0v) is 15.0. The molecule has 1 aliphatic rings. The maximum atomic E-state index is 12.8. The maximum absolute atomic E-state index is 12.8. The van der Waals surface area contributed by atoms with E-state index in [1.165, 1.54) is 5.56 Å². The van der Waals surface area contributed by atoms with Gasteiger partial charge in [0.05, 0.1) is 5.25 Å². The highest BCUT2D eigenvalue weighted by Gasteiger charge is 2.41. The Morgan fingerprint density at radius 3 is 2.29 bits per heavy atom. The Labute approximate surface area is 147 Å². The normalized spacial score (nSPS) is 18.4. The monoisotopic (exact) mass is 351 g/mol. The van der Waals surface area contributed by atoms with Crippen LogP contribution in [0.4, 0.5) is 0 Å². The second-order valence-corrected chi connectivity index (χ2v) is 7.75. The van der Waals surface area contributed by atoms with E-state index < -0.39 is 11.6 Å². The van der Waals surface area contributed by atoms with Crippen LogP contribution in [0.15, 0.2) is 30.3 Å². The summed E-state index contributed by atoms with van der Waals surface area (Å²) in [5, 5.41) is 18.9. The molecule has 0 radical (unpaired) electrons. The number of carbonyl (C=O) groups is 2. The molecule has 2 N–H and O–H groups in total. The summed E-state index contributed by atoms with van der Waals surface area (Å²) in [6.07, 6.45) is 0.171. The molecule has 1 atom stereocenters. The Kier molecular flexibility index (Phi) is 6.29. The number of nitrogens with zero attached hydrogens (tertiary/aromatic N) is 1. The topological polar surface area (TPSA) is 77.8 Å². The average molecular weight is 351 g/mol. The van der Waals surface area contributed by atoms with Crippen molar-refractivity contribution in [1.82, 2.24) is 4.90 Å². The third-order valence-electron chi connectivity index (χ3n) is 4.42. The first-order valence-corrected chi connectivity index (χ1v) is 9.28. The van der Waals surface area contributed by atoms with E-state index in [1.54, 1.807) is 16.7 Å². The molecule has 1 heterocycles. The molecule has 0 aliphatic carbocycles. The van der Waals surface area contributed by atoms with Crippen LogP contribution < -0.4 is 0 Å². The molecule has 1 fully saturated rings. The number of carboxylic acids is 1. The van der Waals surface area contributed by atoms with Gasteiger partial charge < -0.3 is 15.1 Å². The van der Waals surface area contributed by atoms with Crippen LogP contribution in [0.3, 0.4) is 0 Å². The summed E-state index contributed by atoms with van der Waals surface area (Å²) in [6, 6.07) is 10.0. The van der Waals surface area contributed by atoms with Crippen molar-refractivity contribution >= 4 is 23.6 Å². The van der Waals surface area contributed by atoms with Crippen molar-refractivity contribution < 1.29 is 19.8 Å². The molecule has 132 valence electrons. The lowest BCUT2D eigenvalue weighted by atomic mass is 9.91. The number of rotatable bonds is 6. The molecule has 1 aliphatic heterocycles. The lowest BCUT2D eigenvalue weighted by Crippen LogP contribution is -2.52. The van der Waals surface area contributed by atoms with Gasteiger partial charge in [-0.25, -0.2) is 4.79 Å². The van der Waals surface area contributed by atoms with E-state index in [9.17, 15) is 14.7 Å². The summed E-state index contributed by atoms with van der Waals surface area (Å²) in [6.45, 7) is 4.63. The van der Waals surface area contributed by atoms with Crippen molar-refractivity contribution in [3.8, 4) is 0 Å². The average Bonchev–Trinajstić information content (AvgIpc) is 2.56. The van der Waals surface area contributed by atoms with Gasteiger partial charge in [0, 0.05) is 31.7 Å². The van der Waals surface area contributed by atoms with Gasteiger partial charge in [0.15, 0.2) is 5.60 Å². The van der Waals surface area contributed by atoms with Crippen LogP contribution >= 0.6 is 11.8 Å². The molecule has 0 spiro atoms. The van der Waals surface area contributed by atoms with Crippen molar-refractivity contribution in [1.29, 1.82) is 0 Å². The maximum Gasteiger partial charge on any atom is 0.335 e. The largest absolute Gasteiger partial charge is 0.479 e.